The molecule has 0 aliphatic carbocycles. The second-order valence-corrected chi connectivity index (χ2v) is 5.33. The molecule has 0 bridgehead atoms. The van der Waals surface area contributed by atoms with Crippen molar-refractivity contribution in [2.45, 2.75) is 19.9 Å². The number of carbonyl (C=O) groups excluding carboxylic acids is 1. The molecule has 1 N–H and O–H groups in total. The van der Waals surface area contributed by atoms with Crippen LogP contribution in [0.1, 0.15) is 29.4 Å². The van der Waals surface area contributed by atoms with Gasteiger partial charge < -0.3 is 10.1 Å². The lowest BCUT2D eigenvalue weighted by molar-refractivity contribution is 0.0505. The average Bonchev–Trinajstić information content (AvgIpc) is 2.51. The summed E-state index contributed by atoms with van der Waals surface area (Å²) in [6, 6.07) is 13.0. The molecule has 2 rings (SSSR count). The molecular weight excluding hydrogens is 332 g/mol. The number of esters is 1. The molecule has 5 heteroatoms. The highest BCUT2D eigenvalue weighted by atomic mass is 79.9. The van der Waals surface area contributed by atoms with Gasteiger partial charge in [0.25, 0.3) is 0 Å². The Kier molecular flexibility index (Phi) is 5.75. The third-order valence-corrected chi connectivity index (χ3v) is 3.25. The molecule has 0 amide bonds. The molecule has 0 aliphatic rings. The number of carbonyl (C=O) groups is 1. The molecular formula is C16H17BrN2O2. The minimum absolute atomic E-state index is 0.281. The number of rotatable bonds is 6. The van der Waals surface area contributed by atoms with Gasteiger partial charge in [-0.05, 0) is 58.7 Å². The summed E-state index contributed by atoms with van der Waals surface area (Å²) in [5.74, 6) is -0.281. The summed E-state index contributed by atoms with van der Waals surface area (Å²) >= 11 is 3.34. The summed E-state index contributed by atoms with van der Waals surface area (Å²) in [6.45, 7) is 3.04. The molecule has 0 atom stereocenters. The Bertz CT molecular complexity index is 599. The molecule has 1 aromatic carbocycles. The smallest absolute Gasteiger partial charge is 0.338 e. The number of benzene rings is 1. The molecule has 0 radical (unpaired) electrons. The summed E-state index contributed by atoms with van der Waals surface area (Å²) in [7, 11) is 0. The standard InChI is InChI=1S/C16H17BrN2O2/c1-2-10-21-16(20)12-6-8-13(9-7-12)18-11-14-4-3-5-15(17)19-14/h3-9,18H,2,10-11H2,1H3. The van der Waals surface area contributed by atoms with Crippen LogP contribution in [0.25, 0.3) is 0 Å². The van der Waals surface area contributed by atoms with Gasteiger partial charge in [-0.3, -0.25) is 0 Å². The van der Waals surface area contributed by atoms with Gasteiger partial charge in [-0.15, -0.1) is 0 Å². The van der Waals surface area contributed by atoms with Crippen LogP contribution in [0.2, 0.25) is 0 Å². The van der Waals surface area contributed by atoms with Crippen molar-refractivity contribution < 1.29 is 9.53 Å². The summed E-state index contributed by atoms with van der Waals surface area (Å²) in [5, 5.41) is 3.26. The molecule has 0 unspecified atom stereocenters. The highest BCUT2D eigenvalue weighted by Gasteiger charge is 2.06. The number of hydrogen-bond acceptors (Lipinski definition) is 4. The third kappa shape index (κ3) is 4.86. The van der Waals surface area contributed by atoms with Crippen molar-refractivity contribution in [2.24, 2.45) is 0 Å². The van der Waals surface area contributed by atoms with E-state index < -0.39 is 0 Å². The largest absolute Gasteiger partial charge is 0.462 e. The first-order valence-electron chi connectivity index (χ1n) is 6.81. The normalized spacial score (nSPS) is 10.2. The summed E-state index contributed by atoms with van der Waals surface area (Å²) < 4.78 is 5.90. The molecule has 1 heterocycles. The van der Waals surface area contributed by atoms with Crippen LogP contribution in [0.3, 0.4) is 0 Å². The van der Waals surface area contributed by atoms with E-state index in [1.54, 1.807) is 12.1 Å². The van der Waals surface area contributed by atoms with E-state index >= 15 is 0 Å². The maximum Gasteiger partial charge on any atom is 0.338 e. The van der Waals surface area contributed by atoms with Crippen molar-refractivity contribution in [2.75, 3.05) is 11.9 Å². The van der Waals surface area contributed by atoms with Gasteiger partial charge in [-0.2, -0.15) is 0 Å². The van der Waals surface area contributed by atoms with Crippen LogP contribution in [-0.2, 0) is 11.3 Å². The van der Waals surface area contributed by atoms with Gasteiger partial charge in [-0.25, -0.2) is 9.78 Å². The number of nitrogens with zero attached hydrogens (tertiary/aromatic N) is 1. The average molecular weight is 349 g/mol. The minimum atomic E-state index is -0.281. The SMILES string of the molecule is CCCOC(=O)c1ccc(NCc2cccc(Br)n2)cc1. The zero-order chi connectivity index (χ0) is 15.1. The highest BCUT2D eigenvalue weighted by molar-refractivity contribution is 9.10. The lowest BCUT2D eigenvalue weighted by Gasteiger charge is -2.07. The number of nitrogens with one attached hydrogen (secondary N) is 1. The molecule has 0 spiro atoms. The third-order valence-electron chi connectivity index (χ3n) is 2.80. The minimum Gasteiger partial charge on any atom is -0.462 e. The topological polar surface area (TPSA) is 51.2 Å². The van der Waals surface area contributed by atoms with Crippen LogP contribution in [0, 0.1) is 0 Å². The van der Waals surface area contributed by atoms with Crippen LogP contribution in [0.4, 0.5) is 5.69 Å². The molecule has 21 heavy (non-hydrogen) atoms. The zero-order valence-electron chi connectivity index (χ0n) is 11.8. The van der Waals surface area contributed by atoms with Crippen LogP contribution in [0.15, 0.2) is 47.1 Å². The highest BCUT2D eigenvalue weighted by Crippen LogP contribution is 2.13. The number of ether oxygens (including phenoxy) is 1. The number of hydrogen-bond donors (Lipinski definition) is 1. The number of pyridine rings is 1. The number of aromatic nitrogens is 1. The van der Waals surface area contributed by atoms with Gasteiger partial charge in [-0.1, -0.05) is 13.0 Å². The lowest BCUT2D eigenvalue weighted by Crippen LogP contribution is -2.06. The predicted molar refractivity (Wildman–Crippen MR) is 86.3 cm³/mol. The zero-order valence-corrected chi connectivity index (χ0v) is 13.4. The van der Waals surface area contributed by atoms with Crippen LogP contribution < -0.4 is 5.32 Å². The van der Waals surface area contributed by atoms with Gasteiger partial charge in [0.1, 0.15) is 4.60 Å². The van der Waals surface area contributed by atoms with Gasteiger partial charge >= 0.3 is 5.97 Å². The van der Waals surface area contributed by atoms with E-state index in [9.17, 15) is 4.79 Å². The Morgan fingerprint density at radius 2 is 2.00 bits per heavy atom. The second-order valence-electron chi connectivity index (χ2n) is 4.52. The van der Waals surface area contributed by atoms with Crippen molar-refractivity contribution in [1.29, 1.82) is 0 Å². The monoisotopic (exact) mass is 348 g/mol. The Morgan fingerprint density at radius 3 is 2.67 bits per heavy atom. The molecule has 0 aliphatic heterocycles. The Hall–Kier alpha value is -1.88. The van der Waals surface area contributed by atoms with Gasteiger partial charge in [0.15, 0.2) is 0 Å². The Morgan fingerprint density at radius 1 is 1.24 bits per heavy atom. The van der Waals surface area contributed by atoms with E-state index in [0.717, 1.165) is 22.4 Å². The summed E-state index contributed by atoms with van der Waals surface area (Å²) in [5.41, 5.74) is 2.44. The fourth-order valence-electron chi connectivity index (χ4n) is 1.74. The van der Waals surface area contributed by atoms with Gasteiger partial charge in [0, 0.05) is 5.69 Å². The molecule has 1 aromatic heterocycles. The summed E-state index contributed by atoms with van der Waals surface area (Å²) in [4.78, 5) is 16.0. The van der Waals surface area contributed by atoms with Gasteiger partial charge in [0.2, 0.25) is 0 Å². The molecule has 4 nitrogen and oxygen atoms in total. The number of anilines is 1. The Labute approximate surface area is 132 Å². The fraction of sp³-hybridized carbons (Fsp3) is 0.250. The molecule has 0 saturated carbocycles. The number of halogens is 1. The van der Waals surface area contributed by atoms with Crippen molar-refractivity contribution in [3.63, 3.8) is 0 Å². The predicted octanol–water partition coefficient (Wildman–Crippen LogP) is 4.02. The molecule has 110 valence electrons. The van der Waals surface area contributed by atoms with Crippen molar-refractivity contribution in [1.82, 2.24) is 4.98 Å². The molecule has 2 aromatic rings. The maximum atomic E-state index is 11.7. The van der Waals surface area contributed by atoms with Crippen LogP contribution in [-0.4, -0.2) is 17.6 Å². The van der Waals surface area contributed by atoms with E-state index in [1.807, 2.05) is 37.3 Å². The van der Waals surface area contributed by atoms with E-state index in [0.29, 0.717) is 18.7 Å². The van der Waals surface area contributed by atoms with Crippen LogP contribution in [0.5, 0.6) is 0 Å². The van der Waals surface area contributed by atoms with E-state index in [1.165, 1.54) is 0 Å². The lowest BCUT2D eigenvalue weighted by atomic mass is 10.2. The molecule has 0 fully saturated rings. The van der Waals surface area contributed by atoms with Gasteiger partial charge in [0.05, 0.1) is 24.4 Å². The second kappa shape index (κ2) is 7.78. The first-order chi connectivity index (χ1) is 10.2. The van der Waals surface area contributed by atoms with E-state index in [4.69, 9.17) is 4.74 Å². The van der Waals surface area contributed by atoms with Crippen molar-refractivity contribution in [3.8, 4) is 0 Å². The van der Waals surface area contributed by atoms with E-state index in [2.05, 4.69) is 26.2 Å². The fourth-order valence-corrected chi connectivity index (χ4v) is 2.12. The Balaban J connectivity index is 1.92. The van der Waals surface area contributed by atoms with Crippen molar-refractivity contribution in [3.05, 3.63) is 58.3 Å². The van der Waals surface area contributed by atoms with E-state index in [-0.39, 0.29) is 5.97 Å². The van der Waals surface area contributed by atoms with Crippen LogP contribution >= 0.6 is 15.9 Å². The first-order valence-corrected chi connectivity index (χ1v) is 7.61. The van der Waals surface area contributed by atoms with Crippen molar-refractivity contribution >= 4 is 27.6 Å². The first kappa shape index (κ1) is 15.5. The quantitative estimate of drug-likeness (QED) is 0.632. The summed E-state index contributed by atoms with van der Waals surface area (Å²) in [6.07, 6.45) is 0.824. The maximum absolute atomic E-state index is 11.7. The molecule has 0 saturated heterocycles.